The summed E-state index contributed by atoms with van der Waals surface area (Å²) in [4.78, 5) is 7.04. The fourth-order valence-electron chi connectivity index (χ4n) is 3.23. The number of aromatic hydroxyl groups is 1. The predicted octanol–water partition coefficient (Wildman–Crippen LogP) is 3.22. The minimum Gasteiger partial charge on any atom is -0.508 e. The van der Waals surface area contributed by atoms with Crippen LogP contribution in [0.5, 0.6) is 5.75 Å². The number of benzene rings is 1. The van der Waals surface area contributed by atoms with E-state index >= 15 is 0 Å². The number of phenols is 1. The first-order valence-corrected chi connectivity index (χ1v) is 8.81. The summed E-state index contributed by atoms with van der Waals surface area (Å²) in [6.45, 7) is 0.786. The zero-order chi connectivity index (χ0) is 15.1. The van der Waals surface area contributed by atoms with E-state index in [2.05, 4.69) is 28.7 Å². The number of anilines is 1. The molecule has 0 aliphatic heterocycles. The Hall–Kier alpha value is -1.59. The van der Waals surface area contributed by atoms with E-state index in [4.69, 9.17) is 4.98 Å². The molecule has 2 aliphatic rings. The summed E-state index contributed by atoms with van der Waals surface area (Å²) < 4.78 is 0. The molecule has 5 heteroatoms. The number of rotatable bonds is 5. The second-order valence-corrected chi connectivity index (χ2v) is 7.12. The van der Waals surface area contributed by atoms with Gasteiger partial charge in [-0.2, -0.15) is 0 Å². The molecule has 22 heavy (non-hydrogen) atoms. The molecule has 0 bridgehead atoms. The largest absolute Gasteiger partial charge is 0.508 e. The Morgan fingerprint density at radius 1 is 1.36 bits per heavy atom. The van der Waals surface area contributed by atoms with Crippen molar-refractivity contribution in [2.24, 2.45) is 0 Å². The molecule has 0 saturated heterocycles. The van der Waals surface area contributed by atoms with Gasteiger partial charge in [0.25, 0.3) is 0 Å². The highest BCUT2D eigenvalue weighted by atomic mass is 32.1. The molecule has 1 aromatic heterocycles. The summed E-state index contributed by atoms with van der Waals surface area (Å²) in [5.74, 6) is 0.434. The second kappa shape index (κ2) is 5.56. The van der Waals surface area contributed by atoms with Crippen molar-refractivity contribution in [3.05, 3.63) is 40.4 Å². The smallest absolute Gasteiger partial charge is 0.185 e. The first-order chi connectivity index (χ1) is 10.7. The Bertz CT molecular complexity index is 680. The third kappa shape index (κ3) is 2.59. The molecule has 1 fully saturated rings. The van der Waals surface area contributed by atoms with Gasteiger partial charge in [-0.05, 0) is 42.9 Å². The lowest BCUT2D eigenvalue weighted by atomic mass is 10.1. The molecule has 4 rings (SSSR count). The lowest BCUT2D eigenvalue weighted by Gasteiger charge is -2.14. The summed E-state index contributed by atoms with van der Waals surface area (Å²) >= 11 is 1.73. The molecule has 0 radical (unpaired) electrons. The molecule has 2 aromatic rings. The molecule has 0 amide bonds. The zero-order valence-electron chi connectivity index (χ0n) is 12.7. The van der Waals surface area contributed by atoms with Gasteiger partial charge in [0.15, 0.2) is 5.13 Å². The predicted molar refractivity (Wildman–Crippen MR) is 89.5 cm³/mol. The van der Waals surface area contributed by atoms with E-state index in [0.717, 1.165) is 35.8 Å². The molecule has 0 spiro atoms. The fourth-order valence-corrected chi connectivity index (χ4v) is 4.10. The maximum absolute atomic E-state index is 9.91. The molecular weight excluding hydrogens is 294 g/mol. The number of fused-ring (bicyclic) bond motifs is 1. The van der Waals surface area contributed by atoms with Crippen LogP contribution >= 0.6 is 11.3 Å². The van der Waals surface area contributed by atoms with Gasteiger partial charge in [0.1, 0.15) is 5.75 Å². The molecule has 1 aromatic carbocycles. The maximum atomic E-state index is 9.91. The lowest BCUT2D eigenvalue weighted by Crippen LogP contribution is -2.20. The van der Waals surface area contributed by atoms with Crippen LogP contribution in [0.2, 0.25) is 0 Å². The highest BCUT2D eigenvalue weighted by Crippen LogP contribution is 2.36. The summed E-state index contributed by atoms with van der Waals surface area (Å²) in [5.41, 5.74) is 3.46. The van der Waals surface area contributed by atoms with Crippen molar-refractivity contribution in [3.63, 3.8) is 0 Å². The summed E-state index contributed by atoms with van der Waals surface area (Å²) in [7, 11) is 2.14. The monoisotopic (exact) mass is 315 g/mol. The topological polar surface area (TPSA) is 48.4 Å². The van der Waals surface area contributed by atoms with Gasteiger partial charge in [-0.25, -0.2) is 4.98 Å². The van der Waals surface area contributed by atoms with E-state index in [1.54, 1.807) is 17.4 Å². The van der Waals surface area contributed by atoms with E-state index in [1.165, 1.54) is 18.4 Å². The Labute approximate surface area is 134 Å². The van der Waals surface area contributed by atoms with Crippen molar-refractivity contribution < 1.29 is 5.11 Å². The molecule has 1 atom stereocenters. The van der Waals surface area contributed by atoms with Crippen molar-refractivity contribution in [3.8, 4) is 5.75 Å². The van der Waals surface area contributed by atoms with E-state index in [0.29, 0.717) is 17.8 Å². The number of aromatic nitrogens is 1. The normalized spacial score (nSPS) is 20.1. The van der Waals surface area contributed by atoms with Gasteiger partial charge in [0.2, 0.25) is 0 Å². The first-order valence-electron chi connectivity index (χ1n) is 7.94. The third-order valence-corrected chi connectivity index (χ3v) is 5.69. The van der Waals surface area contributed by atoms with Gasteiger partial charge in [-0.15, -0.1) is 11.3 Å². The molecule has 1 saturated carbocycles. The van der Waals surface area contributed by atoms with Gasteiger partial charge < -0.3 is 15.3 Å². The highest BCUT2D eigenvalue weighted by molar-refractivity contribution is 7.13. The highest BCUT2D eigenvalue weighted by Gasteiger charge is 2.28. The minimum atomic E-state index is 0.327. The Morgan fingerprint density at radius 2 is 2.23 bits per heavy atom. The van der Waals surface area contributed by atoms with E-state index in [9.17, 15) is 5.11 Å². The Balaban J connectivity index is 1.41. The number of phenolic OH excluding ortho intramolecular Hbond substituents is 1. The van der Waals surface area contributed by atoms with Crippen molar-refractivity contribution in [2.75, 3.05) is 11.9 Å². The first kappa shape index (κ1) is 14.0. The molecule has 116 valence electrons. The lowest BCUT2D eigenvalue weighted by molar-refractivity contribution is 0.469. The summed E-state index contributed by atoms with van der Waals surface area (Å²) in [6, 6.07) is 6.86. The number of nitrogens with zero attached hydrogens (tertiary/aromatic N) is 2. The van der Waals surface area contributed by atoms with Crippen LogP contribution in [0, 0.1) is 0 Å². The van der Waals surface area contributed by atoms with Crippen LogP contribution in [-0.4, -0.2) is 23.2 Å². The second-order valence-electron chi connectivity index (χ2n) is 6.28. The summed E-state index contributed by atoms with van der Waals surface area (Å²) in [6.07, 6.45) is 4.59. The average Bonchev–Trinajstić information content (AvgIpc) is 3.11. The summed E-state index contributed by atoms with van der Waals surface area (Å²) in [5, 5.41) is 16.8. The Morgan fingerprint density at radius 3 is 3.05 bits per heavy atom. The van der Waals surface area contributed by atoms with Gasteiger partial charge in [0, 0.05) is 31.1 Å². The van der Waals surface area contributed by atoms with Gasteiger partial charge in [-0.3, -0.25) is 0 Å². The van der Waals surface area contributed by atoms with Crippen LogP contribution in [0.1, 0.15) is 42.1 Å². The Kier molecular flexibility index (Phi) is 3.54. The molecule has 4 nitrogen and oxygen atoms in total. The minimum absolute atomic E-state index is 0.327. The van der Waals surface area contributed by atoms with Crippen LogP contribution in [-0.2, 0) is 13.0 Å². The van der Waals surface area contributed by atoms with Crippen molar-refractivity contribution >= 4 is 16.5 Å². The SMILES string of the molecule is CN(c1nc(CNC2CCc3c(O)cccc32)cs1)C1CC1. The van der Waals surface area contributed by atoms with Crippen LogP contribution in [0.3, 0.4) is 0 Å². The number of hydrogen-bond donors (Lipinski definition) is 2. The standard InChI is InChI=1S/C17H21N3OS/c1-20(12-5-6-12)17-19-11(10-22-17)9-18-15-8-7-14-13(15)3-2-4-16(14)21/h2-4,10,12,15,18,21H,5-9H2,1H3. The third-order valence-electron chi connectivity index (χ3n) is 4.71. The van der Waals surface area contributed by atoms with Crippen LogP contribution in [0.15, 0.2) is 23.6 Å². The van der Waals surface area contributed by atoms with Crippen LogP contribution < -0.4 is 10.2 Å². The maximum Gasteiger partial charge on any atom is 0.185 e. The van der Waals surface area contributed by atoms with Gasteiger partial charge >= 0.3 is 0 Å². The number of nitrogens with one attached hydrogen (secondary N) is 1. The molecule has 2 aliphatic carbocycles. The van der Waals surface area contributed by atoms with Crippen LogP contribution in [0.4, 0.5) is 5.13 Å². The van der Waals surface area contributed by atoms with Crippen molar-refractivity contribution in [1.82, 2.24) is 10.3 Å². The molecule has 2 N–H and O–H groups in total. The molecule has 1 unspecified atom stereocenters. The fraction of sp³-hybridized carbons (Fsp3) is 0.471. The van der Waals surface area contributed by atoms with Crippen molar-refractivity contribution in [1.29, 1.82) is 0 Å². The van der Waals surface area contributed by atoms with Crippen LogP contribution in [0.25, 0.3) is 0 Å². The van der Waals surface area contributed by atoms with Gasteiger partial charge in [0.05, 0.1) is 5.69 Å². The quantitative estimate of drug-likeness (QED) is 0.889. The van der Waals surface area contributed by atoms with E-state index < -0.39 is 0 Å². The van der Waals surface area contributed by atoms with Gasteiger partial charge in [-0.1, -0.05) is 12.1 Å². The average molecular weight is 315 g/mol. The molecular formula is C17H21N3OS. The number of thiazole rings is 1. The zero-order valence-corrected chi connectivity index (χ0v) is 13.6. The number of hydrogen-bond acceptors (Lipinski definition) is 5. The van der Waals surface area contributed by atoms with E-state index in [1.807, 2.05) is 6.07 Å². The van der Waals surface area contributed by atoms with Crippen molar-refractivity contribution in [2.45, 2.75) is 44.3 Å². The van der Waals surface area contributed by atoms with E-state index in [-0.39, 0.29) is 0 Å². The molecule has 1 heterocycles.